The van der Waals surface area contributed by atoms with Gasteiger partial charge in [-0.3, -0.25) is 9.59 Å². The van der Waals surface area contributed by atoms with Crippen LogP contribution in [0.25, 0.3) is 0 Å². The number of hydrogen-bond acceptors (Lipinski definition) is 3. The Morgan fingerprint density at radius 3 is 2.68 bits per heavy atom. The van der Waals surface area contributed by atoms with E-state index in [1.54, 1.807) is 23.1 Å². The highest BCUT2D eigenvalue weighted by Crippen LogP contribution is 2.26. The van der Waals surface area contributed by atoms with E-state index in [1.165, 1.54) is 0 Å². The van der Waals surface area contributed by atoms with Crippen LogP contribution >= 0.6 is 0 Å². The van der Waals surface area contributed by atoms with Crippen molar-refractivity contribution < 1.29 is 14.3 Å². The van der Waals surface area contributed by atoms with Crippen LogP contribution in [-0.2, 0) is 4.79 Å². The molecule has 3 rings (SSSR count). The first-order chi connectivity index (χ1) is 12.0. The number of nitrogens with zero attached hydrogens (tertiary/aromatic N) is 1. The molecule has 2 aromatic carbocycles. The Balaban J connectivity index is 1.79. The summed E-state index contributed by atoms with van der Waals surface area (Å²) >= 11 is 0. The van der Waals surface area contributed by atoms with Crippen LogP contribution in [0.4, 0.5) is 11.4 Å². The van der Waals surface area contributed by atoms with E-state index < -0.39 is 0 Å². The maximum absolute atomic E-state index is 12.6. The molecule has 2 amide bonds. The molecule has 130 valence electrons. The number of amides is 2. The van der Waals surface area contributed by atoms with Crippen molar-refractivity contribution in [1.29, 1.82) is 0 Å². The smallest absolute Gasteiger partial charge is 0.255 e. The molecule has 5 heteroatoms. The Morgan fingerprint density at radius 1 is 1.16 bits per heavy atom. The molecule has 0 radical (unpaired) electrons. The minimum absolute atomic E-state index is 0.0163. The monoisotopic (exact) mass is 338 g/mol. The summed E-state index contributed by atoms with van der Waals surface area (Å²) in [7, 11) is 0. The zero-order chi connectivity index (χ0) is 17.8. The van der Waals surface area contributed by atoms with Gasteiger partial charge in [-0.15, -0.1) is 0 Å². The van der Waals surface area contributed by atoms with Gasteiger partial charge in [-0.25, -0.2) is 0 Å². The Labute approximate surface area is 147 Å². The largest absolute Gasteiger partial charge is 0.489 e. The fraction of sp³-hybridized carbons (Fsp3) is 0.300. The Bertz CT molecular complexity index is 786. The van der Waals surface area contributed by atoms with Crippen molar-refractivity contribution in [2.75, 3.05) is 16.8 Å². The zero-order valence-electron chi connectivity index (χ0n) is 14.5. The Hall–Kier alpha value is -2.82. The van der Waals surface area contributed by atoms with Crippen LogP contribution in [0.15, 0.2) is 48.5 Å². The van der Waals surface area contributed by atoms with E-state index >= 15 is 0 Å². The lowest BCUT2D eigenvalue weighted by molar-refractivity contribution is -0.117. The van der Waals surface area contributed by atoms with Crippen molar-refractivity contribution >= 4 is 23.2 Å². The molecule has 25 heavy (non-hydrogen) atoms. The first-order valence-electron chi connectivity index (χ1n) is 8.52. The molecule has 1 heterocycles. The highest BCUT2D eigenvalue weighted by molar-refractivity contribution is 6.06. The van der Waals surface area contributed by atoms with E-state index in [4.69, 9.17) is 4.74 Å². The average molecular weight is 338 g/mol. The number of rotatable bonds is 5. The Kier molecular flexibility index (Phi) is 5.03. The van der Waals surface area contributed by atoms with Gasteiger partial charge in [0.2, 0.25) is 5.91 Å². The van der Waals surface area contributed by atoms with Gasteiger partial charge in [0, 0.05) is 24.2 Å². The lowest BCUT2D eigenvalue weighted by Crippen LogP contribution is -2.24. The van der Waals surface area contributed by atoms with E-state index in [1.807, 2.05) is 44.2 Å². The molecule has 1 aliphatic rings. The second-order valence-electron chi connectivity index (χ2n) is 6.32. The lowest BCUT2D eigenvalue weighted by atomic mass is 10.1. The number of para-hydroxylation sites is 2. The van der Waals surface area contributed by atoms with Crippen molar-refractivity contribution in [2.24, 2.45) is 0 Å². The summed E-state index contributed by atoms with van der Waals surface area (Å²) in [6, 6.07) is 14.5. The van der Waals surface area contributed by atoms with Gasteiger partial charge in [0.25, 0.3) is 5.91 Å². The van der Waals surface area contributed by atoms with Gasteiger partial charge in [0.1, 0.15) is 5.75 Å². The summed E-state index contributed by atoms with van der Waals surface area (Å²) in [4.78, 5) is 26.3. The first-order valence-corrected chi connectivity index (χ1v) is 8.52. The number of ether oxygens (including phenoxy) is 1. The number of carbonyl (C=O) groups is 2. The molecule has 0 saturated carbocycles. The molecule has 0 bridgehead atoms. The van der Waals surface area contributed by atoms with Crippen molar-refractivity contribution in [2.45, 2.75) is 32.8 Å². The quantitative estimate of drug-likeness (QED) is 0.901. The summed E-state index contributed by atoms with van der Waals surface area (Å²) in [5.41, 5.74) is 1.90. The fourth-order valence-electron chi connectivity index (χ4n) is 2.86. The van der Waals surface area contributed by atoms with Crippen molar-refractivity contribution in [3.63, 3.8) is 0 Å². The zero-order valence-corrected chi connectivity index (χ0v) is 14.5. The third-order valence-corrected chi connectivity index (χ3v) is 3.99. The molecule has 2 aromatic rings. The highest BCUT2D eigenvalue weighted by Gasteiger charge is 2.22. The van der Waals surface area contributed by atoms with E-state index in [0.29, 0.717) is 30.0 Å². The lowest BCUT2D eigenvalue weighted by Gasteiger charge is -2.17. The van der Waals surface area contributed by atoms with Gasteiger partial charge >= 0.3 is 0 Å². The number of nitrogens with one attached hydrogen (secondary N) is 1. The number of anilines is 2. The third kappa shape index (κ3) is 3.99. The van der Waals surface area contributed by atoms with Crippen molar-refractivity contribution in [3.05, 3.63) is 54.1 Å². The van der Waals surface area contributed by atoms with Gasteiger partial charge in [-0.2, -0.15) is 0 Å². The van der Waals surface area contributed by atoms with E-state index in [-0.39, 0.29) is 17.9 Å². The van der Waals surface area contributed by atoms with Crippen LogP contribution in [0.1, 0.15) is 37.0 Å². The van der Waals surface area contributed by atoms with Crippen LogP contribution in [0.3, 0.4) is 0 Å². The predicted octanol–water partition coefficient (Wildman–Crippen LogP) is 3.85. The van der Waals surface area contributed by atoms with Gasteiger partial charge in [0.15, 0.2) is 0 Å². The SMILES string of the molecule is CC(C)Oc1ccccc1NC(=O)c1cccc(N2CCCC2=O)c1. The van der Waals surface area contributed by atoms with Gasteiger partial charge < -0.3 is 15.0 Å². The second-order valence-corrected chi connectivity index (χ2v) is 6.32. The Morgan fingerprint density at radius 2 is 1.96 bits per heavy atom. The third-order valence-electron chi connectivity index (χ3n) is 3.99. The predicted molar refractivity (Wildman–Crippen MR) is 98.2 cm³/mol. The molecule has 1 saturated heterocycles. The van der Waals surface area contributed by atoms with E-state index in [0.717, 1.165) is 12.1 Å². The highest BCUT2D eigenvalue weighted by atomic mass is 16.5. The molecule has 0 aromatic heterocycles. The maximum atomic E-state index is 12.6. The summed E-state index contributed by atoms with van der Waals surface area (Å²) in [6.07, 6.45) is 1.44. The van der Waals surface area contributed by atoms with Crippen molar-refractivity contribution in [3.8, 4) is 5.75 Å². The van der Waals surface area contributed by atoms with Gasteiger partial charge in [-0.05, 0) is 50.6 Å². The standard InChI is InChI=1S/C20H22N2O3/c1-14(2)25-18-10-4-3-9-17(18)21-20(24)15-7-5-8-16(13-15)22-12-6-11-19(22)23/h3-5,7-10,13-14H,6,11-12H2,1-2H3,(H,21,24). The molecule has 0 atom stereocenters. The minimum atomic E-state index is -0.228. The second kappa shape index (κ2) is 7.38. The van der Waals surface area contributed by atoms with Crippen LogP contribution in [0.2, 0.25) is 0 Å². The molecule has 1 N–H and O–H groups in total. The van der Waals surface area contributed by atoms with E-state index in [9.17, 15) is 9.59 Å². The minimum Gasteiger partial charge on any atom is -0.489 e. The molecule has 0 spiro atoms. The molecule has 0 unspecified atom stereocenters. The number of hydrogen-bond donors (Lipinski definition) is 1. The summed E-state index contributed by atoms with van der Waals surface area (Å²) in [5.74, 6) is 0.512. The molecule has 0 aliphatic carbocycles. The van der Waals surface area contributed by atoms with Crippen molar-refractivity contribution in [1.82, 2.24) is 0 Å². The topological polar surface area (TPSA) is 58.6 Å². The molecular formula is C20H22N2O3. The molecule has 1 fully saturated rings. The molecule has 5 nitrogen and oxygen atoms in total. The maximum Gasteiger partial charge on any atom is 0.255 e. The average Bonchev–Trinajstić information content (AvgIpc) is 3.02. The van der Waals surface area contributed by atoms with E-state index in [2.05, 4.69) is 5.32 Å². The molecular weight excluding hydrogens is 316 g/mol. The van der Waals surface area contributed by atoms with Crippen LogP contribution < -0.4 is 15.0 Å². The molecule has 1 aliphatic heterocycles. The summed E-state index contributed by atoms with van der Waals surface area (Å²) < 4.78 is 5.73. The van der Waals surface area contributed by atoms with Gasteiger partial charge in [-0.1, -0.05) is 18.2 Å². The fourth-order valence-corrected chi connectivity index (χ4v) is 2.86. The summed E-state index contributed by atoms with van der Waals surface area (Å²) in [5, 5.41) is 2.89. The van der Waals surface area contributed by atoms with Gasteiger partial charge in [0.05, 0.1) is 11.8 Å². The normalized spacial score (nSPS) is 14.0. The number of carbonyl (C=O) groups excluding carboxylic acids is 2. The van der Waals surface area contributed by atoms with Crippen LogP contribution in [-0.4, -0.2) is 24.5 Å². The summed E-state index contributed by atoms with van der Waals surface area (Å²) in [6.45, 7) is 4.58. The first kappa shape index (κ1) is 17.0. The van der Waals surface area contributed by atoms with Crippen LogP contribution in [0, 0.1) is 0 Å². The van der Waals surface area contributed by atoms with Crippen LogP contribution in [0.5, 0.6) is 5.75 Å². The number of benzene rings is 2.